The second-order valence-electron chi connectivity index (χ2n) is 6.77. The van der Waals surface area contributed by atoms with Crippen LogP contribution in [-0.4, -0.2) is 31.7 Å². The first-order chi connectivity index (χ1) is 12.6. The monoisotopic (exact) mass is 358 g/mol. The summed E-state index contributed by atoms with van der Waals surface area (Å²) in [7, 11) is 3.30. The molecule has 4 nitrogen and oxygen atoms in total. The lowest BCUT2D eigenvalue weighted by Gasteiger charge is -2.40. The van der Waals surface area contributed by atoms with Gasteiger partial charge in [-0.15, -0.1) is 0 Å². The summed E-state index contributed by atoms with van der Waals surface area (Å²) in [4.78, 5) is 2.34. The number of nitrogens with zero attached hydrogens (tertiary/aromatic N) is 1. The highest BCUT2D eigenvalue weighted by molar-refractivity contribution is 5.50. The number of ether oxygens (including phenoxy) is 2. The van der Waals surface area contributed by atoms with E-state index in [-0.39, 0.29) is 17.9 Å². The molecule has 0 aromatic heterocycles. The topological polar surface area (TPSA) is 47.7 Å². The van der Waals surface area contributed by atoms with Gasteiger partial charge >= 0.3 is 0 Å². The maximum Gasteiger partial charge on any atom is 0.161 e. The first kappa shape index (κ1) is 18.7. The highest BCUT2D eigenvalue weighted by Gasteiger charge is 2.32. The molecule has 0 saturated heterocycles. The molecule has 2 atom stereocenters. The zero-order chi connectivity index (χ0) is 18.7. The van der Waals surface area contributed by atoms with E-state index in [1.807, 2.05) is 12.1 Å². The van der Waals surface area contributed by atoms with Crippen molar-refractivity contribution in [1.29, 1.82) is 0 Å². The fraction of sp³-hybridized carbons (Fsp3) is 0.429. The first-order valence-corrected chi connectivity index (χ1v) is 9.06. The van der Waals surface area contributed by atoms with Crippen LogP contribution in [0.4, 0.5) is 4.39 Å². The second kappa shape index (κ2) is 8.06. The highest BCUT2D eigenvalue weighted by Crippen LogP contribution is 2.40. The van der Waals surface area contributed by atoms with Gasteiger partial charge in [0, 0.05) is 19.1 Å². The Labute approximate surface area is 154 Å². The summed E-state index contributed by atoms with van der Waals surface area (Å²) < 4.78 is 24.5. The third kappa shape index (κ3) is 3.69. The summed E-state index contributed by atoms with van der Waals surface area (Å²) in [6.45, 7) is 3.64. The van der Waals surface area contributed by atoms with E-state index in [0.717, 1.165) is 30.7 Å². The largest absolute Gasteiger partial charge is 0.493 e. The fourth-order valence-electron chi connectivity index (χ4n) is 3.80. The molecule has 2 aromatic carbocycles. The minimum Gasteiger partial charge on any atom is -0.493 e. The molecule has 0 amide bonds. The average molecular weight is 358 g/mol. The van der Waals surface area contributed by atoms with Crippen LogP contribution in [0.3, 0.4) is 0 Å². The average Bonchev–Trinajstić information content (AvgIpc) is 2.66. The van der Waals surface area contributed by atoms with E-state index in [4.69, 9.17) is 15.2 Å². The van der Waals surface area contributed by atoms with Gasteiger partial charge in [-0.2, -0.15) is 0 Å². The van der Waals surface area contributed by atoms with Crippen molar-refractivity contribution in [3.05, 3.63) is 58.9 Å². The molecular formula is C21H27FN2O2. The van der Waals surface area contributed by atoms with Crippen molar-refractivity contribution in [2.75, 3.05) is 20.8 Å². The molecule has 3 rings (SSSR count). The van der Waals surface area contributed by atoms with Crippen LogP contribution in [0, 0.1) is 5.82 Å². The number of hydrogen-bond donors (Lipinski definition) is 1. The lowest BCUT2D eigenvalue weighted by Crippen LogP contribution is -2.44. The van der Waals surface area contributed by atoms with E-state index >= 15 is 0 Å². The van der Waals surface area contributed by atoms with Crippen LogP contribution >= 0.6 is 0 Å². The fourth-order valence-corrected chi connectivity index (χ4v) is 3.80. The maximum absolute atomic E-state index is 13.6. The van der Waals surface area contributed by atoms with Crippen molar-refractivity contribution >= 4 is 0 Å². The van der Waals surface area contributed by atoms with Gasteiger partial charge in [-0.1, -0.05) is 19.1 Å². The molecule has 0 fully saturated rings. The Balaban J connectivity index is 1.98. The smallest absolute Gasteiger partial charge is 0.161 e. The van der Waals surface area contributed by atoms with E-state index in [0.29, 0.717) is 12.3 Å². The van der Waals surface area contributed by atoms with Crippen LogP contribution < -0.4 is 15.2 Å². The Morgan fingerprint density at radius 3 is 2.58 bits per heavy atom. The summed E-state index contributed by atoms with van der Waals surface area (Å²) in [5, 5.41) is 0. The molecule has 140 valence electrons. The molecule has 0 aliphatic carbocycles. The molecule has 2 N–H and O–H groups in total. The Morgan fingerprint density at radius 1 is 1.19 bits per heavy atom. The number of halogens is 1. The quantitative estimate of drug-likeness (QED) is 0.856. The zero-order valence-electron chi connectivity index (χ0n) is 15.7. The Hall–Kier alpha value is -2.11. The van der Waals surface area contributed by atoms with Crippen molar-refractivity contribution in [2.45, 2.75) is 38.4 Å². The number of methoxy groups -OCH3 is 2. The molecule has 1 aliphatic rings. The molecule has 0 unspecified atom stereocenters. The lowest BCUT2D eigenvalue weighted by atomic mass is 9.86. The SMILES string of the molecule is CC[C@H](N)[C@H]1c2cc(OC)c(OC)cc2CCN1Cc1cccc(F)c1. The number of fused-ring (bicyclic) bond motifs is 1. The molecule has 0 bridgehead atoms. The minimum absolute atomic E-state index is 0.0132. The maximum atomic E-state index is 13.6. The van der Waals surface area contributed by atoms with Gasteiger partial charge in [0.2, 0.25) is 0 Å². The zero-order valence-corrected chi connectivity index (χ0v) is 15.7. The third-order valence-electron chi connectivity index (χ3n) is 5.18. The van der Waals surface area contributed by atoms with Gasteiger partial charge in [-0.05, 0) is 53.8 Å². The van der Waals surface area contributed by atoms with Crippen LogP contribution in [0.1, 0.15) is 36.1 Å². The normalized spacial score (nSPS) is 18.3. The van der Waals surface area contributed by atoms with Gasteiger partial charge in [0.05, 0.1) is 20.3 Å². The van der Waals surface area contributed by atoms with E-state index < -0.39 is 0 Å². The summed E-state index contributed by atoms with van der Waals surface area (Å²) >= 11 is 0. The molecule has 26 heavy (non-hydrogen) atoms. The van der Waals surface area contributed by atoms with Crippen molar-refractivity contribution in [3.63, 3.8) is 0 Å². The second-order valence-corrected chi connectivity index (χ2v) is 6.77. The Kier molecular flexibility index (Phi) is 5.79. The molecule has 2 aromatic rings. The number of benzene rings is 2. The van der Waals surface area contributed by atoms with Gasteiger partial charge in [0.25, 0.3) is 0 Å². The third-order valence-corrected chi connectivity index (χ3v) is 5.18. The molecule has 0 spiro atoms. The van der Waals surface area contributed by atoms with Crippen LogP contribution in [0.15, 0.2) is 36.4 Å². The summed E-state index contributed by atoms with van der Waals surface area (Å²) in [5.41, 5.74) is 9.89. The van der Waals surface area contributed by atoms with Gasteiger partial charge in [-0.3, -0.25) is 4.90 Å². The summed E-state index contributed by atoms with van der Waals surface area (Å²) in [5.74, 6) is 1.25. The number of rotatable bonds is 6. The highest BCUT2D eigenvalue weighted by atomic mass is 19.1. The van der Waals surface area contributed by atoms with Crippen LogP contribution in [0.5, 0.6) is 11.5 Å². The Morgan fingerprint density at radius 2 is 1.92 bits per heavy atom. The van der Waals surface area contributed by atoms with E-state index in [1.54, 1.807) is 26.4 Å². The van der Waals surface area contributed by atoms with E-state index in [1.165, 1.54) is 17.2 Å². The van der Waals surface area contributed by atoms with Gasteiger partial charge < -0.3 is 15.2 Å². The van der Waals surface area contributed by atoms with Crippen LogP contribution in [0.25, 0.3) is 0 Å². The summed E-state index contributed by atoms with van der Waals surface area (Å²) in [6, 6.07) is 10.9. The van der Waals surface area contributed by atoms with Crippen molar-refractivity contribution < 1.29 is 13.9 Å². The van der Waals surface area contributed by atoms with Gasteiger partial charge in [0.15, 0.2) is 11.5 Å². The molecule has 1 heterocycles. The lowest BCUT2D eigenvalue weighted by molar-refractivity contribution is 0.148. The number of nitrogens with two attached hydrogens (primary N) is 1. The molecule has 0 saturated carbocycles. The van der Waals surface area contributed by atoms with Crippen molar-refractivity contribution in [1.82, 2.24) is 4.90 Å². The van der Waals surface area contributed by atoms with Crippen molar-refractivity contribution in [2.24, 2.45) is 5.73 Å². The predicted molar refractivity (Wildman–Crippen MR) is 101 cm³/mol. The summed E-state index contributed by atoms with van der Waals surface area (Å²) in [6.07, 6.45) is 1.76. The molecule has 5 heteroatoms. The van der Waals surface area contributed by atoms with Crippen molar-refractivity contribution in [3.8, 4) is 11.5 Å². The molecular weight excluding hydrogens is 331 g/mol. The first-order valence-electron chi connectivity index (χ1n) is 9.06. The predicted octanol–water partition coefficient (Wildman–Crippen LogP) is 3.68. The Bertz CT molecular complexity index is 766. The molecule has 0 radical (unpaired) electrons. The van der Waals surface area contributed by atoms with E-state index in [2.05, 4.69) is 17.9 Å². The standard InChI is InChI=1S/C21H27FN2O2/c1-4-18(23)21-17-12-20(26-3)19(25-2)11-15(17)8-9-24(21)13-14-6-5-7-16(22)10-14/h5-7,10-12,18,21H,4,8-9,13,23H2,1-3H3/t18-,21+/m0/s1. The molecule has 1 aliphatic heterocycles. The van der Waals surface area contributed by atoms with Crippen LogP contribution in [-0.2, 0) is 13.0 Å². The minimum atomic E-state index is -0.206. The van der Waals surface area contributed by atoms with Crippen LogP contribution in [0.2, 0.25) is 0 Å². The van der Waals surface area contributed by atoms with E-state index in [9.17, 15) is 4.39 Å². The van der Waals surface area contributed by atoms with Gasteiger partial charge in [0.1, 0.15) is 5.82 Å². The van der Waals surface area contributed by atoms with Gasteiger partial charge in [-0.25, -0.2) is 4.39 Å². The number of hydrogen-bond acceptors (Lipinski definition) is 4.